The summed E-state index contributed by atoms with van der Waals surface area (Å²) in [5, 5.41) is 25.0. The number of thioether (sulfide) groups is 1. The van der Waals surface area contributed by atoms with Crippen LogP contribution < -0.4 is 21.7 Å². The number of carboxylic acid groups (broad SMARTS) is 2. The summed E-state index contributed by atoms with van der Waals surface area (Å²) in [5.74, 6) is -3.89. The number of hydrogen-bond donors (Lipinski definition) is 6. The van der Waals surface area contributed by atoms with Crippen molar-refractivity contribution >= 4 is 41.4 Å². The quantitative estimate of drug-likeness (QED) is 0.189. The van der Waals surface area contributed by atoms with Crippen molar-refractivity contribution in [3.63, 3.8) is 0 Å². The first-order valence-electron chi connectivity index (χ1n) is 10.2. The van der Waals surface area contributed by atoms with Gasteiger partial charge in [-0.1, -0.05) is 30.3 Å². The molecule has 1 aromatic carbocycles. The summed E-state index contributed by atoms with van der Waals surface area (Å²) in [7, 11) is 0. The van der Waals surface area contributed by atoms with Crippen LogP contribution in [-0.2, 0) is 30.4 Å². The lowest BCUT2D eigenvalue weighted by Crippen LogP contribution is -2.56. The van der Waals surface area contributed by atoms with E-state index >= 15 is 0 Å². The van der Waals surface area contributed by atoms with Gasteiger partial charge in [-0.3, -0.25) is 24.0 Å². The lowest BCUT2D eigenvalue weighted by molar-refractivity contribution is -0.138. The molecule has 1 aromatic rings. The number of aliphatic carboxylic acids is 2. The van der Waals surface area contributed by atoms with Crippen molar-refractivity contribution in [2.24, 2.45) is 5.73 Å². The molecule has 182 valence electrons. The van der Waals surface area contributed by atoms with Crippen molar-refractivity contribution in [3.8, 4) is 0 Å². The molecule has 0 aliphatic rings. The Hall–Kier alpha value is -3.12. The summed E-state index contributed by atoms with van der Waals surface area (Å²) in [5.41, 5.74) is 6.54. The zero-order valence-corrected chi connectivity index (χ0v) is 19.1. The molecule has 0 saturated carbocycles. The van der Waals surface area contributed by atoms with E-state index < -0.39 is 60.8 Å². The highest BCUT2D eigenvalue weighted by Gasteiger charge is 2.28. The molecule has 3 amide bonds. The van der Waals surface area contributed by atoms with Crippen LogP contribution in [0.1, 0.15) is 24.8 Å². The van der Waals surface area contributed by atoms with Gasteiger partial charge in [0.1, 0.15) is 18.6 Å². The number of benzene rings is 1. The molecule has 12 heteroatoms. The monoisotopic (exact) mass is 482 g/mol. The molecule has 11 nitrogen and oxygen atoms in total. The van der Waals surface area contributed by atoms with E-state index in [2.05, 4.69) is 16.0 Å². The maximum Gasteiger partial charge on any atom is 0.322 e. The standard InChI is InChI=1S/C21H30N4O7S/c1-33-10-9-14(22)19(30)24-15(7-8-17(26)27)21(32)25-16(20(31)23-12-18(28)29)11-13-5-3-2-4-6-13/h2-6,14-16H,7-12,22H2,1H3,(H,23,31)(H,24,30)(H,25,32)(H,26,27)(H,28,29). The van der Waals surface area contributed by atoms with Gasteiger partial charge in [-0.05, 0) is 30.4 Å². The number of carboxylic acids is 2. The van der Waals surface area contributed by atoms with E-state index in [1.54, 1.807) is 30.3 Å². The molecular weight excluding hydrogens is 452 g/mol. The molecule has 0 spiro atoms. The average Bonchev–Trinajstić information content (AvgIpc) is 2.78. The fourth-order valence-corrected chi connectivity index (χ4v) is 3.30. The van der Waals surface area contributed by atoms with Crippen LogP contribution in [0.25, 0.3) is 0 Å². The lowest BCUT2D eigenvalue weighted by atomic mass is 10.0. The van der Waals surface area contributed by atoms with Gasteiger partial charge in [-0.15, -0.1) is 0 Å². The molecule has 0 aliphatic heterocycles. The number of nitrogens with two attached hydrogens (primary N) is 1. The first-order chi connectivity index (χ1) is 15.6. The number of amides is 3. The molecule has 0 saturated heterocycles. The van der Waals surface area contributed by atoms with E-state index in [-0.39, 0.29) is 12.8 Å². The average molecular weight is 483 g/mol. The van der Waals surface area contributed by atoms with Gasteiger partial charge in [0, 0.05) is 12.8 Å². The van der Waals surface area contributed by atoms with Gasteiger partial charge in [0.25, 0.3) is 0 Å². The number of carbonyl (C=O) groups is 5. The summed E-state index contributed by atoms with van der Waals surface area (Å²) in [6, 6.07) is 5.48. The van der Waals surface area contributed by atoms with Crippen LogP contribution in [0.2, 0.25) is 0 Å². The van der Waals surface area contributed by atoms with E-state index in [0.29, 0.717) is 17.7 Å². The van der Waals surface area contributed by atoms with E-state index in [9.17, 15) is 24.0 Å². The Morgan fingerprint density at radius 1 is 0.909 bits per heavy atom. The molecule has 0 aliphatic carbocycles. The molecule has 0 fully saturated rings. The Balaban J connectivity index is 2.98. The Labute approximate surface area is 195 Å². The van der Waals surface area contributed by atoms with Crippen LogP contribution in [0.5, 0.6) is 0 Å². The topological polar surface area (TPSA) is 188 Å². The van der Waals surface area contributed by atoms with E-state index in [1.807, 2.05) is 6.26 Å². The van der Waals surface area contributed by atoms with Crippen LogP contribution in [0.4, 0.5) is 0 Å². The smallest absolute Gasteiger partial charge is 0.322 e. The van der Waals surface area contributed by atoms with Gasteiger partial charge in [-0.25, -0.2) is 0 Å². The fraction of sp³-hybridized carbons (Fsp3) is 0.476. The van der Waals surface area contributed by atoms with Gasteiger partial charge < -0.3 is 31.9 Å². The maximum absolute atomic E-state index is 12.9. The van der Waals surface area contributed by atoms with Crippen molar-refractivity contribution < 1.29 is 34.2 Å². The van der Waals surface area contributed by atoms with Crippen LogP contribution in [-0.4, -0.2) is 76.6 Å². The van der Waals surface area contributed by atoms with E-state index in [1.165, 1.54) is 11.8 Å². The number of nitrogens with one attached hydrogen (secondary N) is 3. The van der Waals surface area contributed by atoms with Crippen molar-refractivity contribution in [1.29, 1.82) is 0 Å². The molecule has 0 heterocycles. The SMILES string of the molecule is CSCCC(N)C(=O)NC(CCC(=O)O)C(=O)NC(Cc1ccccc1)C(=O)NCC(=O)O. The predicted molar refractivity (Wildman–Crippen MR) is 122 cm³/mol. The molecule has 0 bridgehead atoms. The van der Waals surface area contributed by atoms with Gasteiger partial charge in [0.05, 0.1) is 6.04 Å². The lowest BCUT2D eigenvalue weighted by Gasteiger charge is -2.24. The second-order valence-electron chi connectivity index (χ2n) is 7.24. The Bertz CT molecular complexity index is 822. The van der Waals surface area contributed by atoms with Crippen molar-refractivity contribution in [1.82, 2.24) is 16.0 Å². The number of hydrogen-bond acceptors (Lipinski definition) is 7. The summed E-state index contributed by atoms with van der Waals surface area (Å²) in [6.45, 7) is -0.635. The third kappa shape index (κ3) is 11.3. The zero-order chi connectivity index (χ0) is 24.8. The maximum atomic E-state index is 12.9. The molecule has 1 rings (SSSR count). The predicted octanol–water partition coefficient (Wildman–Crippen LogP) is -0.655. The largest absolute Gasteiger partial charge is 0.481 e. The molecule has 0 aromatic heterocycles. The normalized spacial score (nSPS) is 13.3. The molecule has 3 unspecified atom stereocenters. The fourth-order valence-electron chi connectivity index (χ4n) is 2.81. The Morgan fingerprint density at radius 3 is 2.12 bits per heavy atom. The number of carbonyl (C=O) groups excluding carboxylic acids is 3. The Morgan fingerprint density at radius 2 is 1.55 bits per heavy atom. The highest BCUT2D eigenvalue weighted by molar-refractivity contribution is 7.98. The van der Waals surface area contributed by atoms with Gasteiger partial charge in [0.15, 0.2) is 0 Å². The first-order valence-corrected chi connectivity index (χ1v) is 11.6. The minimum Gasteiger partial charge on any atom is -0.481 e. The second kappa shape index (κ2) is 14.9. The summed E-state index contributed by atoms with van der Waals surface area (Å²) >= 11 is 1.50. The Kier molecular flexibility index (Phi) is 12.6. The van der Waals surface area contributed by atoms with Crippen LogP contribution in [0, 0.1) is 0 Å². The van der Waals surface area contributed by atoms with Crippen LogP contribution in [0.3, 0.4) is 0 Å². The summed E-state index contributed by atoms with van der Waals surface area (Å²) in [6.07, 6.45) is 1.68. The van der Waals surface area contributed by atoms with E-state index in [0.717, 1.165) is 0 Å². The second-order valence-corrected chi connectivity index (χ2v) is 8.23. The van der Waals surface area contributed by atoms with Gasteiger partial charge in [-0.2, -0.15) is 11.8 Å². The van der Waals surface area contributed by atoms with Gasteiger partial charge in [0.2, 0.25) is 17.7 Å². The number of rotatable bonds is 15. The molecular formula is C21H30N4O7S. The van der Waals surface area contributed by atoms with Crippen LogP contribution in [0.15, 0.2) is 30.3 Å². The molecule has 0 radical (unpaired) electrons. The molecule has 3 atom stereocenters. The third-order valence-electron chi connectivity index (χ3n) is 4.58. The van der Waals surface area contributed by atoms with Crippen molar-refractivity contribution in [2.45, 2.75) is 43.8 Å². The third-order valence-corrected chi connectivity index (χ3v) is 5.22. The van der Waals surface area contributed by atoms with Crippen LogP contribution >= 0.6 is 11.8 Å². The molecule has 33 heavy (non-hydrogen) atoms. The van der Waals surface area contributed by atoms with E-state index in [4.69, 9.17) is 15.9 Å². The first kappa shape index (κ1) is 27.9. The minimum atomic E-state index is -1.25. The van der Waals surface area contributed by atoms with Gasteiger partial charge >= 0.3 is 11.9 Å². The highest BCUT2D eigenvalue weighted by Crippen LogP contribution is 2.07. The zero-order valence-electron chi connectivity index (χ0n) is 18.3. The summed E-state index contributed by atoms with van der Waals surface area (Å²) < 4.78 is 0. The highest BCUT2D eigenvalue weighted by atomic mass is 32.2. The van der Waals surface area contributed by atoms with Crippen molar-refractivity contribution in [3.05, 3.63) is 35.9 Å². The summed E-state index contributed by atoms with van der Waals surface area (Å²) in [4.78, 5) is 59.6. The minimum absolute atomic E-state index is 0.0604. The van der Waals surface area contributed by atoms with Crippen molar-refractivity contribution in [2.75, 3.05) is 18.6 Å². The molecule has 7 N–H and O–H groups in total.